The SMILES string of the molecule is CCn1ccnc(NCC(OC)OC)c1=O. The van der Waals surface area contributed by atoms with E-state index in [0.717, 1.165) is 0 Å². The molecule has 16 heavy (non-hydrogen) atoms. The fraction of sp³-hybridized carbons (Fsp3) is 0.600. The zero-order chi connectivity index (χ0) is 12.0. The van der Waals surface area contributed by atoms with Gasteiger partial charge in [-0.05, 0) is 6.92 Å². The van der Waals surface area contributed by atoms with Crippen molar-refractivity contribution in [1.82, 2.24) is 9.55 Å². The fourth-order valence-corrected chi connectivity index (χ4v) is 1.26. The van der Waals surface area contributed by atoms with Crippen LogP contribution in [0.25, 0.3) is 0 Å². The molecule has 0 atom stereocenters. The molecular formula is C10H17N3O3. The zero-order valence-corrected chi connectivity index (χ0v) is 9.77. The van der Waals surface area contributed by atoms with Gasteiger partial charge in [0.25, 0.3) is 5.56 Å². The summed E-state index contributed by atoms with van der Waals surface area (Å²) in [4.78, 5) is 15.7. The van der Waals surface area contributed by atoms with E-state index < -0.39 is 6.29 Å². The molecule has 0 unspecified atom stereocenters. The lowest BCUT2D eigenvalue weighted by molar-refractivity contribution is -0.0914. The summed E-state index contributed by atoms with van der Waals surface area (Å²) in [6.45, 7) is 2.90. The standard InChI is InChI=1S/C10H17N3O3/c1-4-13-6-5-11-9(10(13)14)12-7-8(15-2)16-3/h5-6,8H,4,7H2,1-3H3,(H,11,12). The summed E-state index contributed by atoms with van der Waals surface area (Å²) in [5.74, 6) is 0.309. The molecule has 0 radical (unpaired) electrons. The van der Waals surface area contributed by atoms with E-state index in [2.05, 4.69) is 10.3 Å². The van der Waals surface area contributed by atoms with E-state index in [9.17, 15) is 4.79 Å². The van der Waals surface area contributed by atoms with E-state index in [1.165, 1.54) is 0 Å². The van der Waals surface area contributed by atoms with Crippen LogP contribution in [0.4, 0.5) is 5.82 Å². The average molecular weight is 227 g/mol. The molecule has 0 aliphatic rings. The molecule has 1 aromatic rings. The summed E-state index contributed by atoms with van der Waals surface area (Å²) in [6.07, 6.45) is 2.84. The first-order chi connectivity index (χ1) is 7.72. The lowest BCUT2D eigenvalue weighted by atomic mass is 10.5. The Kier molecular flexibility index (Phi) is 4.94. The molecule has 0 aliphatic heterocycles. The third-order valence-electron chi connectivity index (χ3n) is 2.22. The van der Waals surface area contributed by atoms with Crippen molar-refractivity contribution in [3.8, 4) is 0 Å². The first kappa shape index (κ1) is 12.7. The minimum Gasteiger partial charge on any atom is -0.360 e. The van der Waals surface area contributed by atoms with Crippen LogP contribution in [0.5, 0.6) is 0 Å². The van der Waals surface area contributed by atoms with Gasteiger partial charge in [0.1, 0.15) is 0 Å². The summed E-state index contributed by atoms with van der Waals surface area (Å²) < 4.78 is 11.6. The number of ether oxygens (including phenoxy) is 2. The van der Waals surface area contributed by atoms with Gasteiger partial charge in [0.05, 0.1) is 6.54 Å². The second kappa shape index (κ2) is 6.24. The maximum Gasteiger partial charge on any atom is 0.293 e. The van der Waals surface area contributed by atoms with Crippen molar-refractivity contribution in [1.29, 1.82) is 0 Å². The van der Waals surface area contributed by atoms with E-state index >= 15 is 0 Å². The van der Waals surface area contributed by atoms with Gasteiger partial charge in [-0.15, -0.1) is 0 Å². The molecular weight excluding hydrogens is 210 g/mol. The van der Waals surface area contributed by atoms with Gasteiger partial charge >= 0.3 is 0 Å². The van der Waals surface area contributed by atoms with Gasteiger partial charge in [-0.25, -0.2) is 4.98 Å². The second-order valence-electron chi connectivity index (χ2n) is 3.15. The van der Waals surface area contributed by atoms with Gasteiger partial charge in [0, 0.05) is 33.2 Å². The van der Waals surface area contributed by atoms with Crippen LogP contribution in [0.15, 0.2) is 17.2 Å². The Morgan fingerprint density at radius 2 is 2.19 bits per heavy atom. The summed E-state index contributed by atoms with van der Waals surface area (Å²) >= 11 is 0. The summed E-state index contributed by atoms with van der Waals surface area (Å²) in [5, 5.41) is 2.90. The molecule has 6 nitrogen and oxygen atoms in total. The number of aryl methyl sites for hydroxylation is 1. The lowest BCUT2D eigenvalue weighted by Gasteiger charge is -2.14. The molecule has 0 aliphatic carbocycles. The normalized spacial score (nSPS) is 10.8. The highest BCUT2D eigenvalue weighted by atomic mass is 16.7. The van der Waals surface area contributed by atoms with Crippen LogP contribution in [-0.2, 0) is 16.0 Å². The first-order valence-corrected chi connectivity index (χ1v) is 5.07. The molecule has 0 saturated heterocycles. The van der Waals surface area contributed by atoms with Crippen LogP contribution in [0.1, 0.15) is 6.92 Å². The number of nitrogens with one attached hydrogen (secondary N) is 1. The van der Waals surface area contributed by atoms with E-state index in [4.69, 9.17) is 9.47 Å². The van der Waals surface area contributed by atoms with Gasteiger partial charge in [-0.3, -0.25) is 4.79 Å². The Morgan fingerprint density at radius 1 is 1.50 bits per heavy atom. The number of hydrogen-bond acceptors (Lipinski definition) is 5. The molecule has 1 aromatic heterocycles. The minimum atomic E-state index is -0.392. The Bertz CT molecular complexity index is 374. The van der Waals surface area contributed by atoms with Crippen LogP contribution in [0, 0.1) is 0 Å². The number of nitrogens with zero attached hydrogens (tertiary/aromatic N) is 2. The van der Waals surface area contributed by atoms with Crippen molar-refractivity contribution >= 4 is 5.82 Å². The van der Waals surface area contributed by atoms with Gasteiger partial charge in [0.15, 0.2) is 12.1 Å². The highest BCUT2D eigenvalue weighted by Gasteiger charge is 2.07. The predicted molar refractivity (Wildman–Crippen MR) is 60.5 cm³/mol. The van der Waals surface area contributed by atoms with Crippen molar-refractivity contribution in [2.24, 2.45) is 0 Å². The summed E-state index contributed by atoms with van der Waals surface area (Å²) in [5.41, 5.74) is -0.143. The highest BCUT2D eigenvalue weighted by molar-refractivity contribution is 5.30. The zero-order valence-electron chi connectivity index (χ0n) is 9.77. The topological polar surface area (TPSA) is 65.4 Å². The largest absolute Gasteiger partial charge is 0.360 e. The van der Waals surface area contributed by atoms with Crippen LogP contribution >= 0.6 is 0 Å². The van der Waals surface area contributed by atoms with Crippen molar-refractivity contribution < 1.29 is 9.47 Å². The number of aromatic nitrogens is 2. The van der Waals surface area contributed by atoms with Crippen LogP contribution in [-0.4, -0.2) is 36.6 Å². The maximum atomic E-state index is 11.7. The number of hydrogen-bond donors (Lipinski definition) is 1. The Balaban J connectivity index is 2.71. The molecule has 90 valence electrons. The van der Waals surface area contributed by atoms with Gasteiger partial charge < -0.3 is 19.4 Å². The van der Waals surface area contributed by atoms with Gasteiger partial charge in [-0.2, -0.15) is 0 Å². The molecule has 0 fully saturated rings. The highest BCUT2D eigenvalue weighted by Crippen LogP contribution is 1.96. The Hall–Kier alpha value is -1.40. The number of anilines is 1. The van der Waals surface area contributed by atoms with Crippen LogP contribution in [0.3, 0.4) is 0 Å². The number of methoxy groups -OCH3 is 2. The van der Waals surface area contributed by atoms with Crippen molar-refractivity contribution in [2.45, 2.75) is 19.8 Å². The van der Waals surface area contributed by atoms with Gasteiger partial charge in [-0.1, -0.05) is 0 Å². The minimum absolute atomic E-state index is 0.143. The molecule has 0 bridgehead atoms. The maximum absolute atomic E-state index is 11.7. The smallest absolute Gasteiger partial charge is 0.293 e. The molecule has 1 heterocycles. The molecule has 6 heteroatoms. The van der Waals surface area contributed by atoms with E-state index in [-0.39, 0.29) is 5.56 Å². The van der Waals surface area contributed by atoms with Crippen molar-refractivity contribution in [3.63, 3.8) is 0 Å². The van der Waals surface area contributed by atoms with E-state index in [1.54, 1.807) is 31.2 Å². The first-order valence-electron chi connectivity index (χ1n) is 5.07. The summed E-state index contributed by atoms with van der Waals surface area (Å²) in [6, 6.07) is 0. The Labute approximate surface area is 94.2 Å². The molecule has 0 spiro atoms. The number of rotatable bonds is 6. The fourth-order valence-electron chi connectivity index (χ4n) is 1.26. The van der Waals surface area contributed by atoms with Crippen LogP contribution in [0.2, 0.25) is 0 Å². The quantitative estimate of drug-likeness (QED) is 0.708. The predicted octanol–water partition coefficient (Wildman–Crippen LogP) is 0.294. The van der Waals surface area contributed by atoms with Gasteiger partial charge in [0.2, 0.25) is 0 Å². The third kappa shape index (κ3) is 3.04. The van der Waals surface area contributed by atoms with E-state index in [0.29, 0.717) is 18.9 Å². The monoisotopic (exact) mass is 227 g/mol. The van der Waals surface area contributed by atoms with Crippen LogP contribution < -0.4 is 10.9 Å². The Morgan fingerprint density at radius 3 is 2.75 bits per heavy atom. The lowest BCUT2D eigenvalue weighted by Crippen LogP contribution is -2.29. The molecule has 0 amide bonds. The molecule has 1 N–H and O–H groups in total. The molecule has 1 rings (SSSR count). The molecule has 0 saturated carbocycles. The molecule has 0 aromatic carbocycles. The third-order valence-corrected chi connectivity index (χ3v) is 2.22. The van der Waals surface area contributed by atoms with Crippen molar-refractivity contribution in [3.05, 3.63) is 22.7 Å². The second-order valence-corrected chi connectivity index (χ2v) is 3.15. The van der Waals surface area contributed by atoms with E-state index in [1.807, 2.05) is 6.92 Å². The summed E-state index contributed by atoms with van der Waals surface area (Å²) in [7, 11) is 3.08. The van der Waals surface area contributed by atoms with Crippen molar-refractivity contribution in [2.75, 3.05) is 26.1 Å². The average Bonchev–Trinajstić information content (AvgIpc) is 2.32.